The van der Waals surface area contributed by atoms with E-state index >= 15 is 0 Å². The largest absolute Gasteiger partial charge is 1.00 e. The molecule has 15 nitrogen and oxygen atoms in total. The van der Waals surface area contributed by atoms with Crippen LogP contribution in [0.4, 0.5) is 0 Å². The molecule has 3 rings (SSSR count). The third-order valence-corrected chi connectivity index (χ3v) is 9.38. The summed E-state index contributed by atoms with van der Waals surface area (Å²) in [6, 6.07) is 15.6. The monoisotopic (exact) mass is 976 g/mol. The summed E-state index contributed by atoms with van der Waals surface area (Å²) in [7, 11) is -3.28. The van der Waals surface area contributed by atoms with Gasteiger partial charge in [-0.15, -0.1) is 18.0 Å². The van der Waals surface area contributed by atoms with E-state index in [1.807, 2.05) is 76.2 Å². The number of terminal acetylenes is 1. The first kappa shape index (κ1) is 65.4. The Hall–Kier alpha value is -3.92. The maximum Gasteiger partial charge on any atom is 0.361 e. The van der Waals surface area contributed by atoms with E-state index in [1.165, 1.54) is 19.2 Å². The predicted molar refractivity (Wildman–Crippen MR) is 254 cm³/mol. The highest BCUT2D eigenvalue weighted by Crippen LogP contribution is 2.33. The molecule has 0 radical (unpaired) electrons. The van der Waals surface area contributed by atoms with Gasteiger partial charge in [-0.05, 0) is 110 Å². The first-order valence-electron chi connectivity index (χ1n) is 20.8. The lowest BCUT2D eigenvalue weighted by Crippen LogP contribution is -3.00. The number of alkyl halides is 1. The Labute approximate surface area is 401 Å². The number of hydrogen-bond acceptors (Lipinski definition) is 13. The van der Waals surface area contributed by atoms with Gasteiger partial charge >= 0.3 is 11.9 Å². The number of carbonyl (C=O) groups is 3. The molecular weight excluding hydrogens is 900 g/mol. The molecule has 1 heterocycles. The number of ether oxygens (including phenoxy) is 5. The third kappa shape index (κ3) is 32.4. The van der Waals surface area contributed by atoms with Gasteiger partial charge in [-0.3, -0.25) is 18.7 Å². The van der Waals surface area contributed by atoms with Gasteiger partial charge in [0.25, 0.3) is 10.1 Å². The fraction of sp³-hybridized carbons (Fsp3) is 0.596. The first-order chi connectivity index (χ1) is 29.0. The van der Waals surface area contributed by atoms with E-state index in [0.29, 0.717) is 23.5 Å². The molecule has 1 aliphatic heterocycles. The zero-order valence-electron chi connectivity index (χ0n) is 41.0. The minimum Gasteiger partial charge on any atom is -1.00 e. The van der Waals surface area contributed by atoms with E-state index in [-0.39, 0.29) is 86.3 Å². The van der Waals surface area contributed by atoms with Crippen LogP contribution in [0.2, 0.25) is 0 Å². The second kappa shape index (κ2) is 31.1. The zero-order valence-corrected chi connectivity index (χ0v) is 43.3. The number of nitrogens with one attached hydrogen (secondary N) is 1. The zero-order chi connectivity index (χ0) is 48.7. The predicted octanol–water partition coefficient (Wildman–Crippen LogP) is 3.25. The minimum atomic E-state index is -3.28. The lowest BCUT2D eigenvalue weighted by Gasteiger charge is -2.27. The van der Waals surface area contributed by atoms with Gasteiger partial charge in [0, 0.05) is 29.6 Å². The van der Waals surface area contributed by atoms with E-state index in [1.54, 1.807) is 20.8 Å². The van der Waals surface area contributed by atoms with Gasteiger partial charge in [-0.25, -0.2) is 4.79 Å². The Balaban J connectivity index is -0.00000115. The smallest absolute Gasteiger partial charge is 0.361 e. The quantitative estimate of drug-likeness (QED) is 0.0372. The summed E-state index contributed by atoms with van der Waals surface area (Å²) < 4.78 is 52.9. The average Bonchev–Trinajstić information content (AvgIpc) is 4.04. The van der Waals surface area contributed by atoms with Gasteiger partial charge in [-0.2, -0.15) is 8.42 Å². The van der Waals surface area contributed by atoms with Gasteiger partial charge in [0.2, 0.25) is 5.91 Å². The number of nitrogens with zero attached hydrogens (tertiary/aromatic N) is 1. The molecule has 2 aromatic rings. The van der Waals surface area contributed by atoms with Crippen molar-refractivity contribution in [3.05, 3.63) is 72.3 Å². The normalized spacial score (nSPS) is 13.2. The van der Waals surface area contributed by atoms with Gasteiger partial charge in [0.1, 0.15) is 43.3 Å². The maximum absolute atomic E-state index is 11.6. The molecule has 65 heavy (non-hydrogen) atoms. The van der Waals surface area contributed by atoms with Gasteiger partial charge < -0.3 is 53.3 Å². The van der Waals surface area contributed by atoms with Crippen LogP contribution in [0.5, 0.6) is 11.5 Å². The topological polar surface area (TPSA) is 218 Å². The molecule has 0 spiro atoms. The number of halogens is 2. The molecule has 18 heteroatoms. The van der Waals surface area contributed by atoms with Crippen LogP contribution in [0.1, 0.15) is 101 Å². The molecule has 1 amide bonds. The molecule has 0 saturated carbocycles. The van der Waals surface area contributed by atoms with Crippen molar-refractivity contribution in [1.82, 2.24) is 16.4 Å². The molecule has 1 saturated heterocycles. The van der Waals surface area contributed by atoms with Crippen LogP contribution in [-0.2, 0) is 48.3 Å². The summed E-state index contributed by atoms with van der Waals surface area (Å²) in [5.74, 6) is 2.43. The Bertz CT molecular complexity index is 1830. The second-order valence-corrected chi connectivity index (χ2v) is 19.9. The van der Waals surface area contributed by atoms with Crippen molar-refractivity contribution in [3.63, 3.8) is 0 Å². The van der Waals surface area contributed by atoms with Gasteiger partial charge in [0.15, 0.2) is 12.6 Å². The van der Waals surface area contributed by atoms with Crippen molar-refractivity contribution in [3.8, 4) is 23.8 Å². The molecule has 2 aromatic carbocycles. The van der Waals surface area contributed by atoms with Gasteiger partial charge in [-0.1, -0.05) is 57.5 Å². The Kier molecular flexibility index (Phi) is 31.3. The van der Waals surface area contributed by atoms with Crippen LogP contribution in [-0.4, -0.2) is 118 Å². The molecule has 372 valence electrons. The van der Waals surface area contributed by atoms with E-state index in [4.69, 9.17) is 41.7 Å². The molecule has 1 fully saturated rings. The van der Waals surface area contributed by atoms with Crippen molar-refractivity contribution in [2.75, 3.05) is 58.2 Å². The molecule has 0 aromatic heterocycles. The Morgan fingerprint density at radius 2 is 1.29 bits per heavy atom. The first-order valence-corrected chi connectivity index (χ1v) is 23.2. The molecular formula is C47H78Cl2N4O11S. The minimum absolute atomic E-state index is 0. The highest BCUT2D eigenvalue weighted by atomic mass is 35.5. The summed E-state index contributed by atoms with van der Waals surface area (Å²) in [6.45, 7) is 30.5. The maximum atomic E-state index is 11.6. The number of hydrogen-bond donors (Lipinski definition) is 3. The van der Waals surface area contributed by atoms with Crippen molar-refractivity contribution < 1.29 is 68.8 Å². The van der Waals surface area contributed by atoms with E-state index in [0.717, 1.165) is 17.4 Å². The van der Waals surface area contributed by atoms with Crippen LogP contribution in [0.25, 0.3) is 0 Å². The number of carbonyl (C=O) groups excluding carboxylic acids is 3. The number of esters is 2. The SMILES string of the molecule is C#CCOCC(COc1ccc(C(C)(C)c2ccc(OCC(CC)OC(=O)C[NH3+])cc2)cc1)OC(=O)CCl.C=CC(=O)NC(C)(C)C.CC(C)(C)N1CC1.CC(C)(C)OS(C)(=O)=O.N.[Cl-]. The van der Waals surface area contributed by atoms with Crippen molar-refractivity contribution in [2.24, 2.45) is 0 Å². The lowest BCUT2D eigenvalue weighted by molar-refractivity contribution is -0.360. The lowest BCUT2D eigenvalue weighted by atomic mass is 9.78. The summed E-state index contributed by atoms with van der Waals surface area (Å²) in [5.41, 5.74) is 5.15. The van der Waals surface area contributed by atoms with Crippen molar-refractivity contribution in [2.45, 2.75) is 124 Å². The number of amides is 1. The molecule has 2 unspecified atom stereocenters. The summed E-state index contributed by atoms with van der Waals surface area (Å²) in [6.07, 6.45) is 7.23. The molecule has 1 aliphatic rings. The molecule has 0 bridgehead atoms. The van der Waals surface area contributed by atoms with Crippen molar-refractivity contribution >= 4 is 39.6 Å². The van der Waals surface area contributed by atoms with Crippen LogP contribution in [0.15, 0.2) is 61.2 Å². The number of benzene rings is 2. The van der Waals surface area contributed by atoms with E-state index in [2.05, 4.69) is 67.3 Å². The highest BCUT2D eigenvalue weighted by Gasteiger charge is 2.29. The molecule has 2 atom stereocenters. The fourth-order valence-electron chi connectivity index (χ4n) is 5.14. The Morgan fingerprint density at radius 1 is 0.846 bits per heavy atom. The van der Waals surface area contributed by atoms with Crippen LogP contribution < -0.4 is 39.1 Å². The van der Waals surface area contributed by atoms with Crippen LogP contribution in [0, 0.1) is 12.3 Å². The third-order valence-electron chi connectivity index (χ3n) is 8.36. The summed E-state index contributed by atoms with van der Waals surface area (Å²) >= 11 is 5.54. The van der Waals surface area contributed by atoms with E-state index < -0.39 is 27.8 Å². The van der Waals surface area contributed by atoms with Crippen LogP contribution >= 0.6 is 11.6 Å². The van der Waals surface area contributed by atoms with E-state index in [9.17, 15) is 22.8 Å². The van der Waals surface area contributed by atoms with Gasteiger partial charge in [0.05, 0.1) is 18.5 Å². The average molecular weight is 978 g/mol. The Morgan fingerprint density at radius 3 is 1.57 bits per heavy atom. The summed E-state index contributed by atoms with van der Waals surface area (Å²) in [4.78, 5) is 36.1. The standard InChI is InChI=1S/C29H36ClNO7.C7H13NO.C6H13N.C5H12O3S.ClH.H3N/c1-5-15-34-18-26(38-27(32)16-30)20-36-25-13-9-22(10-14-25)29(3,4)21-7-11-24(12-8-21)35-19-23(6-2)37-28(33)17-31;1-5-6(9)8-7(2,3)4;1-6(2,3)7-4-5-7;1-5(2,3)8-9(4,6)7;;/h1,7-14,23,26H,6,15-20,31H2,2-4H3;5H,1H2,2-4H3,(H,8,9);4-5H2,1-3H3;1-4H3;1H;1H3. The second-order valence-electron chi connectivity index (χ2n) is 18.0. The summed E-state index contributed by atoms with van der Waals surface area (Å²) in [5, 5.41) is 2.71. The van der Waals surface area contributed by atoms with Crippen molar-refractivity contribution in [1.29, 1.82) is 0 Å². The number of quaternary nitrogens is 1. The fourth-order valence-corrected chi connectivity index (χ4v) is 6.11. The molecule has 7 N–H and O–H groups in total. The highest BCUT2D eigenvalue weighted by molar-refractivity contribution is 7.86. The molecule has 0 aliphatic carbocycles. The van der Waals surface area contributed by atoms with Crippen LogP contribution in [0.3, 0.4) is 0 Å². The number of rotatable bonds is 18.